The van der Waals surface area contributed by atoms with E-state index in [1.165, 1.54) is 24.3 Å². The normalized spacial score (nSPS) is 15.3. The molecule has 0 unspecified atom stereocenters. The highest BCUT2D eigenvalue weighted by atomic mass is 31.2. The summed E-state index contributed by atoms with van der Waals surface area (Å²) in [6.07, 6.45) is 0. The Kier molecular flexibility index (Phi) is 6.30. The number of rotatable bonds is 8. The smallest absolute Gasteiger partial charge is 0.456 e. The number of carbonyl (C=O) groups is 1. The molecule has 0 fully saturated rings. The van der Waals surface area contributed by atoms with Crippen LogP contribution in [0.1, 0.15) is 27.0 Å². The van der Waals surface area contributed by atoms with Gasteiger partial charge >= 0.3 is 21.6 Å². The van der Waals surface area contributed by atoms with Crippen molar-refractivity contribution in [2.24, 2.45) is 0 Å². The summed E-state index contributed by atoms with van der Waals surface area (Å²) < 4.78 is 65.7. The van der Waals surface area contributed by atoms with Crippen LogP contribution in [-0.4, -0.2) is 5.97 Å². The molecule has 2 aliphatic rings. The van der Waals surface area contributed by atoms with Gasteiger partial charge in [-0.1, -0.05) is 36.7 Å². The maximum absolute atomic E-state index is 12.9. The number of benzene rings is 3. The number of quaternary nitrogens is 4. The van der Waals surface area contributed by atoms with Gasteiger partial charge in [0.05, 0.1) is 5.56 Å². The molecule has 2 heterocycles. The number of hydrogen-bond acceptors (Lipinski definition) is 11. The molecule has 0 radical (unpaired) electrons. The molecule has 37 heavy (non-hydrogen) atoms. The lowest BCUT2D eigenvalue weighted by molar-refractivity contribution is -0.682. The second kappa shape index (κ2) is 9.20. The van der Waals surface area contributed by atoms with Crippen LogP contribution in [-0.2, 0) is 38.0 Å². The van der Waals surface area contributed by atoms with Crippen molar-refractivity contribution in [1.82, 2.24) is 0 Å². The van der Waals surface area contributed by atoms with Gasteiger partial charge in [0.25, 0.3) is 0 Å². The lowest BCUT2D eigenvalue weighted by Crippen LogP contribution is -2.54. The van der Waals surface area contributed by atoms with Crippen LogP contribution in [0, 0.1) is 0 Å². The third-order valence-corrected chi connectivity index (χ3v) is 7.86. The van der Waals surface area contributed by atoms with Gasteiger partial charge in [0.1, 0.15) is 23.0 Å². The SMILES string of the molecule is [NH3+]OP(=O)(O[NH3+])Oc1ccc2c(c1)Oc1cc(OP(=O)(O[NH3+])O[NH3+])ccc1C21OC(=O)c2ccccc21. The maximum Gasteiger partial charge on any atom is 0.624 e. The zero-order valence-electron chi connectivity index (χ0n) is 19.0. The molecule has 0 atom stereocenters. The second-order valence-electron chi connectivity index (χ2n) is 7.63. The van der Waals surface area contributed by atoms with Crippen LogP contribution >= 0.6 is 15.6 Å². The molecule has 1 spiro atoms. The van der Waals surface area contributed by atoms with Gasteiger partial charge in [0.15, 0.2) is 5.60 Å². The number of fused-ring (bicyclic) bond motifs is 6. The van der Waals surface area contributed by atoms with Crippen molar-refractivity contribution >= 4 is 21.6 Å². The van der Waals surface area contributed by atoms with E-state index in [0.29, 0.717) is 22.3 Å². The average Bonchev–Trinajstić information content (AvgIpc) is 3.21. The Hall–Kier alpha value is -3.33. The van der Waals surface area contributed by atoms with E-state index in [4.69, 9.17) is 18.5 Å². The minimum Gasteiger partial charge on any atom is -0.456 e. The predicted octanol–water partition coefficient (Wildman–Crippen LogP) is -0.0776. The molecule has 2 aliphatic heterocycles. The highest BCUT2D eigenvalue weighted by Gasteiger charge is 2.53. The van der Waals surface area contributed by atoms with Crippen LogP contribution in [0.15, 0.2) is 60.7 Å². The van der Waals surface area contributed by atoms with Crippen LogP contribution < -0.4 is 37.4 Å². The third kappa shape index (κ3) is 4.09. The van der Waals surface area contributed by atoms with E-state index < -0.39 is 27.2 Å². The summed E-state index contributed by atoms with van der Waals surface area (Å²) in [6, 6.07) is 15.8. The van der Waals surface area contributed by atoms with Crippen LogP contribution in [0.3, 0.4) is 0 Å². The van der Waals surface area contributed by atoms with Gasteiger partial charge < -0.3 is 18.5 Å². The van der Waals surface area contributed by atoms with E-state index >= 15 is 0 Å². The van der Waals surface area contributed by atoms with Gasteiger partial charge in [-0.2, -0.15) is 23.6 Å². The highest BCUT2D eigenvalue weighted by molar-refractivity contribution is 7.48. The minimum atomic E-state index is -4.09. The number of phosphoric acid groups is 2. The topological polar surface area (TPSA) is 236 Å². The molecule has 0 amide bonds. The Morgan fingerprint density at radius 3 is 1.65 bits per heavy atom. The summed E-state index contributed by atoms with van der Waals surface area (Å²) in [5.74, 6) is 12.2. The first-order valence-electron chi connectivity index (χ1n) is 10.3. The van der Waals surface area contributed by atoms with E-state index in [0.717, 1.165) is 0 Å². The Morgan fingerprint density at radius 2 is 1.16 bits per heavy atom. The highest BCUT2D eigenvalue weighted by Crippen LogP contribution is 2.58. The molecule has 0 aromatic heterocycles. The molecule has 3 aromatic rings. The molecule has 0 saturated carbocycles. The molecule has 194 valence electrons. The van der Waals surface area contributed by atoms with Gasteiger partial charge in [0, 0.05) is 28.8 Å². The summed E-state index contributed by atoms with van der Waals surface area (Å²) in [5, 5.41) is 0. The van der Waals surface area contributed by atoms with E-state index in [-0.39, 0.29) is 23.0 Å². The minimum absolute atomic E-state index is 0.0263. The van der Waals surface area contributed by atoms with E-state index in [1.807, 2.05) is 0 Å². The van der Waals surface area contributed by atoms with Crippen LogP contribution in [0.5, 0.6) is 23.0 Å². The fourth-order valence-electron chi connectivity index (χ4n) is 4.19. The average molecular weight is 556 g/mol. The molecular formula is C20H22N4O11P2+4. The molecule has 12 N–H and O–H groups in total. The van der Waals surface area contributed by atoms with Crippen molar-refractivity contribution in [3.05, 3.63) is 82.9 Å². The number of hydrogen-bond donors (Lipinski definition) is 4. The lowest BCUT2D eigenvalue weighted by Gasteiger charge is -2.36. The Labute approximate surface area is 208 Å². The van der Waals surface area contributed by atoms with E-state index in [2.05, 4.69) is 42.1 Å². The Balaban J connectivity index is 1.69. The van der Waals surface area contributed by atoms with Gasteiger partial charge in [-0.05, 0) is 30.3 Å². The lowest BCUT2D eigenvalue weighted by atomic mass is 9.77. The Morgan fingerprint density at radius 1 is 0.676 bits per heavy atom. The zero-order valence-corrected chi connectivity index (χ0v) is 20.8. The first kappa shape index (κ1) is 25.3. The van der Waals surface area contributed by atoms with Gasteiger partial charge in [-0.15, -0.1) is 0 Å². The molecule has 17 heteroatoms. The summed E-state index contributed by atoms with van der Waals surface area (Å²) in [4.78, 5) is 12.9. The monoisotopic (exact) mass is 556 g/mol. The van der Waals surface area contributed by atoms with Gasteiger partial charge in [-0.3, -0.25) is 0 Å². The van der Waals surface area contributed by atoms with Crippen LogP contribution in [0.4, 0.5) is 0 Å². The molecule has 3 aromatic carbocycles. The first-order chi connectivity index (χ1) is 17.7. The van der Waals surface area contributed by atoms with Crippen molar-refractivity contribution < 1.29 is 74.5 Å². The van der Waals surface area contributed by atoms with Crippen molar-refractivity contribution in [2.75, 3.05) is 0 Å². The van der Waals surface area contributed by atoms with Gasteiger partial charge in [-0.25, -0.2) is 13.9 Å². The molecule has 0 bridgehead atoms. The molecular weight excluding hydrogens is 534 g/mol. The van der Waals surface area contributed by atoms with Crippen molar-refractivity contribution in [3.8, 4) is 23.0 Å². The van der Waals surface area contributed by atoms with Gasteiger partial charge in [0.2, 0.25) is 0 Å². The third-order valence-electron chi connectivity index (χ3n) is 5.72. The van der Waals surface area contributed by atoms with Crippen molar-refractivity contribution in [2.45, 2.75) is 5.60 Å². The number of esters is 1. The summed E-state index contributed by atoms with van der Waals surface area (Å²) in [5.41, 5.74) is 0.413. The predicted molar refractivity (Wildman–Crippen MR) is 117 cm³/mol. The quantitative estimate of drug-likeness (QED) is 0.163. The van der Waals surface area contributed by atoms with Crippen LogP contribution in [0.25, 0.3) is 0 Å². The molecule has 0 aliphatic carbocycles. The summed E-state index contributed by atoms with van der Waals surface area (Å²) >= 11 is 0. The largest absolute Gasteiger partial charge is 0.624 e. The number of ether oxygens (including phenoxy) is 2. The maximum atomic E-state index is 12.9. The van der Waals surface area contributed by atoms with E-state index in [1.54, 1.807) is 36.4 Å². The molecule has 0 saturated heterocycles. The summed E-state index contributed by atoms with van der Waals surface area (Å²) in [6.45, 7) is 0. The fourth-order valence-corrected chi connectivity index (χ4v) is 5.29. The second-order valence-corrected chi connectivity index (χ2v) is 10.8. The Bertz CT molecular complexity index is 1410. The van der Waals surface area contributed by atoms with Crippen molar-refractivity contribution in [3.63, 3.8) is 0 Å². The van der Waals surface area contributed by atoms with Crippen LogP contribution in [0.2, 0.25) is 0 Å². The fraction of sp³-hybridized carbons (Fsp3) is 0.0500. The standard InChI is InChI=1S/C20H22N4O11P2/c21-32-36(26,33-22)30-11-5-7-15-17(9-11)28-18-10-12(31-37(27,34-23)35-24)6-8-16(18)20(15)14-4-2-1-3-13(14)19(25)29-20/h1-10H,21-24H3/q+4. The number of carbonyl (C=O) groups excluding carboxylic acids is 1. The first-order valence-corrected chi connectivity index (χ1v) is 13.3. The molecule has 15 nitrogen and oxygen atoms in total. The van der Waals surface area contributed by atoms with E-state index in [9.17, 15) is 13.9 Å². The van der Waals surface area contributed by atoms with Crippen molar-refractivity contribution in [1.29, 1.82) is 0 Å². The summed E-state index contributed by atoms with van der Waals surface area (Å²) in [7, 11) is -8.19. The molecule has 5 rings (SSSR count). The zero-order chi connectivity index (χ0) is 26.4.